The third-order valence-electron chi connectivity index (χ3n) is 9.05. The Bertz CT molecular complexity index is 562. The van der Waals surface area contributed by atoms with Gasteiger partial charge in [0.05, 0.1) is 0 Å². The lowest BCUT2D eigenvalue weighted by Crippen LogP contribution is -2.53. The first kappa shape index (κ1) is 14.7. The molecular weight excluding hydrogens is 284 g/mol. The minimum absolute atomic E-state index is 0.00519. The van der Waals surface area contributed by atoms with Crippen LogP contribution in [0.5, 0.6) is 0 Å². The monoisotopic (exact) mass is 314 g/mol. The van der Waals surface area contributed by atoms with Gasteiger partial charge in [0.2, 0.25) is 0 Å². The SMILES string of the molecule is CC12CCC3C(CCC4(C5CC5)CC(=O)CCC34)C1CCC2=O. The molecule has 5 aliphatic carbocycles. The molecule has 0 aromatic heterocycles. The number of Topliss-reactive ketones (excluding diaryl/α,β-unsaturated/α-hetero) is 2. The van der Waals surface area contributed by atoms with Gasteiger partial charge in [-0.25, -0.2) is 0 Å². The zero-order valence-electron chi connectivity index (χ0n) is 14.5. The van der Waals surface area contributed by atoms with Crippen molar-refractivity contribution in [3.63, 3.8) is 0 Å². The van der Waals surface area contributed by atoms with E-state index < -0.39 is 0 Å². The second-order valence-corrected chi connectivity index (χ2v) is 9.76. The Morgan fingerprint density at radius 3 is 2.30 bits per heavy atom. The molecule has 23 heavy (non-hydrogen) atoms. The molecule has 5 fully saturated rings. The number of carbonyl (C=O) groups excluding carboxylic acids is 2. The zero-order chi connectivity index (χ0) is 15.8. The molecule has 0 aromatic rings. The molecule has 5 saturated carbocycles. The van der Waals surface area contributed by atoms with Crippen LogP contribution in [0.25, 0.3) is 0 Å². The first-order chi connectivity index (χ1) is 11.0. The lowest BCUT2D eigenvalue weighted by atomic mass is 9.45. The van der Waals surface area contributed by atoms with Crippen LogP contribution in [-0.4, -0.2) is 11.6 Å². The summed E-state index contributed by atoms with van der Waals surface area (Å²) in [6, 6.07) is 0. The summed E-state index contributed by atoms with van der Waals surface area (Å²) >= 11 is 0. The minimum atomic E-state index is 0.00519. The molecule has 0 N–H and O–H groups in total. The highest BCUT2D eigenvalue weighted by atomic mass is 16.1. The summed E-state index contributed by atoms with van der Waals surface area (Å²) in [5.74, 6) is 5.01. The topological polar surface area (TPSA) is 34.1 Å². The van der Waals surface area contributed by atoms with E-state index in [0.717, 1.165) is 62.2 Å². The first-order valence-corrected chi connectivity index (χ1v) is 10.1. The molecule has 0 aromatic carbocycles. The van der Waals surface area contributed by atoms with E-state index in [1.54, 1.807) is 0 Å². The summed E-state index contributed by atoms with van der Waals surface area (Å²) in [6.07, 6.45) is 12.6. The fourth-order valence-electron chi connectivity index (χ4n) is 7.85. The molecule has 6 unspecified atom stereocenters. The summed E-state index contributed by atoms with van der Waals surface area (Å²) in [6.45, 7) is 2.27. The molecule has 0 bridgehead atoms. The third-order valence-corrected chi connectivity index (χ3v) is 9.05. The highest BCUT2D eigenvalue weighted by Crippen LogP contribution is 2.68. The molecular formula is C21H30O2. The number of fused-ring (bicyclic) bond motifs is 5. The van der Waals surface area contributed by atoms with Crippen molar-refractivity contribution in [1.29, 1.82) is 0 Å². The quantitative estimate of drug-likeness (QED) is 0.711. The maximum atomic E-state index is 12.5. The van der Waals surface area contributed by atoms with Gasteiger partial charge < -0.3 is 0 Å². The third kappa shape index (κ3) is 1.87. The number of ketones is 2. The van der Waals surface area contributed by atoms with Crippen LogP contribution in [0.1, 0.15) is 77.6 Å². The van der Waals surface area contributed by atoms with Crippen LogP contribution in [0.4, 0.5) is 0 Å². The Kier molecular flexibility index (Phi) is 3.00. The molecule has 2 heteroatoms. The summed E-state index contributed by atoms with van der Waals surface area (Å²) in [4.78, 5) is 24.7. The summed E-state index contributed by atoms with van der Waals surface area (Å²) in [5.41, 5.74) is 0.387. The average molecular weight is 314 g/mol. The van der Waals surface area contributed by atoms with Gasteiger partial charge in [0.25, 0.3) is 0 Å². The van der Waals surface area contributed by atoms with Crippen LogP contribution in [-0.2, 0) is 9.59 Å². The number of hydrogen-bond donors (Lipinski definition) is 0. The fraction of sp³-hybridized carbons (Fsp3) is 0.905. The zero-order valence-corrected chi connectivity index (χ0v) is 14.5. The average Bonchev–Trinajstić information content (AvgIpc) is 3.34. The highest BCUT2D eigenvalue weighted by molar-refractivity contribution is 5.87. The molecule has 2 nitrogen and oxygen atoms in total. The van der Waals surface area contributed by atoms with Gasteiger partial charge in [-0.3, -0.25) is 9.59 Å². The van der Waals surface area contributed by atoms with Crippen molar-refractivity contribution < 1.29 is 9.59 Å². The van der Waals surface area contributed by atoms with Crippen molar-refractivity contribution >= 4 is 11.6 Å². The van der Waals surface area contributed by atoms with Crippen molar-refractivity contribution in [3.8, 4) is 0 Å². The lowest BCUT2D eigenvalue weighted by Gasteiger charge is -2.59. The summed E-state index contributed by atoms with van der Waals surface area (Å²) in [5, 5.41) is 0. The van der Waals surface area contributed by atoms with Crippen LogP contribution < -0.4 is 0 Å². The van der Waals surface area contributed by atoms with Gasteiger partial charge in [-0.2, -0.15) is 0 Å². The van der Waals surface area contributed by atoms with Gasteiger partial charge in [0.15, 0.2) is 0 Å². The van der Waals surface area contributed by atoms with E-state index in [2.05, 4.69) is 6.92 Å². The van der Waals surface area contributed by atoms with E-state index in [4.69, 9.17) is 0 Å². The second-order valence-electron chi connectivity index (χ2n) is 9.76. The molecule has 5 rings (SSSR count). The number of rotatable bonds is 1. The molecule has 6 atom stereocenters. The van der Waals surface area contributed by atoms with E-state index in [1.807, 2.05) is 0 Å². The van der Waals surface area contributed by atoms with Gasteiger partial charge in [0.1, 0.15) is 11.6 Å². The van der Waals surface area contributed by atoms with Crippen molar-refractivity contribution in [2.24, 2.45) is 40.4 Å². The molecule has 5 aliphatic rings. The molecule has 126 valence electrons. The first-order valence-electron chi connectivity index (χ1n) is 10.1. The van der Waals surface area contributed by atoms with Crippen LogP contribution >= 0.6 is 0 Å². The minimum Gasteiger partial charge on any atom is -0.300 e. The predicted molar refractivity (Wildman–Crippen MR) is 88.8 cm³/mol. The predicted octanol–water partition coefficient (Wildman–Crippen LogP) is 4.56. The van der Waals surface area contributed by atoms with Gasteiger partial charge in [0, 0.05) is 24.7 Å². The van der Waals surface area contributed by atoms with Gasteiger partial charge in [-0.05, 0) is 86.4 Å². The summed E-state index contributed by atoms with van der Waals surface area (Å²) < 4.78 is 0. The Balaban J connectivity index is 1.48. The Labute approximate surface area is 139 Å². The van der Waals surface area contributed by atoms with Gasteiger partial charge >= 0.3 is 0 Å². The van der Waals surface area contributed by atoms with E-state index >= 15 is 0 Å². The highest BCUT2D eigenvalue weighted by Gasteiger charge is 2.62. The number of hydrogen-bond acceptors (Lipinski definition) is 2. The number of carbonyl (C=O) groups is 2. The molecule has 0 radical (unpaired) electrons. The summed E-state index contributed by atoms with van der Waals surface area (Å²) in [7, 11) is 0. The van der Waals surface area contributed by atoms with Crippen LogP contribution in [0.2, 0.25) is 0 Å². The van der Waals surface area contributed by atoms with Crippen molar-refractivity contribution in [1.82, 2.24) is 0 Å². The van der Waals surface area contributed by atoms with Crippen LogP contribution in [0, 0.1) is 40.4 Å². The largest absolute Gasteiger partial charge is 0.300 e. The maximum absolute atomic E-state index is 12.5. The fourth-order valence-corrected chi connectivity index (χ4v) is 7.85. The Morgan fingerprint density at radius 2 is 1.52 bits per heavy atom. The molecule has 0 saturated heterocycles. The standard InChI is InChI=1S/C21H30O2/c1-20-10-8-16-15(17(20)6-7-19(20)23)9-11-21(13-2-3-13)12-14(22)4-5-18(16)21/h13,15-18H,2-12H2,1H3. The molecule has 0 amide bonds. The molecule has 0 spiro atoms. The molecule has 0 aliphatic heterocycles. The van der Waals surface area contributed by atoms with Crippen molar-refractivity contribution in [3.05, 3.63) is 0 Å². The van der Waals surface area contributed by atoms with Crippen molar-refractivity contribution in [2.45, 2.75) is 77.6 Å². The lowest BCUT2D eigenvalue weighted by molar-refractivity contribution is -0.145. The van der Waals surface area contributed by atoms with E-state index in [1.165, 1.54) is 32.1 Å². The second kappa shape index (κ2) is 4.70. The van der Waals surface area contributed by atoms with E-state index in [0.29, 0.717) is 22.9 Å². The Hall–Kier alpha value is -0.660. The maximum Gasteiger partial charge on any atom is 0.139 e. The van der Waals surface area contributed by atoms with E-state index in [-0.39, 0.29) is 5.41 Å². The van der Waals surface area contributed by atoms with Gasteiger partial charge in [-0.1, -0.05) is 6.92 Å². The van der Waals surface area contributed by atoms with Crippen molar-refractivity contribution in [2.75, 3.05) is 0 Å². The van der Waals surface area contributed by atoms with Gasteiger partial charge in [-0.15, -0.1) is 0 Å². The van der Waals surface area contributed by atoms with Crippen LogP contribution in [0.3, 0.4) is 0 Å². The molecule has 0 heterocycles. The smallest absolute Gasteiger partial charge is 0.139 e. The van der Waals surface area contributed by atoms with Crippen LogP contribution in [0.15, 0.2) is 0 Å². The Morgan fingerprint density at radius 1 is 0.826 bits per heavy atom. The van der Waals surface area contributed by atoms with E-state index in [9.17, 15) is 9.59 Å². The normalized spacial score (nSPS) is 52.7.